The van der Waals surface area contributed by atoms with Gasteiger partial charge in [-0.2, -0.15) is 0 Å². The number of allylic oxidation sites excluding steroid dienone is 2. The van der Waals surface area contributed by atoms with Gasteiger partial charge in [0.25, 0.3) is 0 Å². The molecule has 0 aliphatic carbocycles. The molecule has 378 valence electrons. The van der Waals surface area contributed by atoms with Crippen molar-refractivity contribution in [3.63, 3.8) is 0 Å². The molecule has 0 atom stereocenters. The Morgan fingerprint density at radius 3 is 0.806 bits per heavy atom. The van der Waals surface area contributed by atoms with Crippen LogP contribution in [0.5, 0.6) is 0 Å². The van der Waals surface area contributed by atoms with Crippen molar-refractivity contribution in [1.29, 1.82) is 0 Å². The van der Waals surface area contributed by atoms with Crippen LogP contribution in [-0.4, -0.2) is 143 Å². The summed E-state index contributed by atoms with van der Waals surface area (Å²) in [6.45, 7) is 0. The first kappa shape index (κ1) is 67.9. The maximum atomic E-state index is 12.1. The van der Waals surface area contributed by atoms with Gasteiger partial charge in [0.2, 0.25) is 0 Å². The second-order valence-electron chi connectivity index (χ2n) is 14.0. The van der Waals surface area contributed by atoms with Gasteiger partial charge in [-0.25, -0.2) is 9.97 Å². The van der Waals surface area contributed by atoms with E-state index >= 15 is 0 Å². The zero-order valence-electron chi connectivity index (χ0n) is 36.2. The number of aromatic amines is 2. The zero-order valence-corrected chi connectivity index (χ0v) is 53.7. The molecule has 2 aliphatic heterocycles. The van der Waals surface area contributed by atoms with E-state index in [0.29, 0.717) is 0 Å². The molecule has 2 N–H and O–H groups in total. The number of halogens is 8. The summed E-state index contributed by atoms with van der Waals surface area (Å²) in [5.74, 6) is -12.7. The van der Waals surface area contributed by atoms with Crippen molar-refractivity contribution in [2.75, 3.05) is 0 Å². The van der Waals surface area contributed by atoms with E-state index in [1.807, 2.05) is 0 Å². The number of carbonyl (C=O) groups is 8. The summed E-state index contributed by atoms with van der Waals surface area (Å²) in [5, 5.41) is 95.3. The Kier molecular flexibility index (Phi) is 34.0. The summed E-state index contributed by atoms with van der Waals surface area (Å²) in [7, 11) is 39.5. The van der Waals surface area contributed by atoms with E-state index in [1.54, 1.807) is 0 Å². The molecular weight excluding hydrogens is 1550 g/mol. The molecule has 2 aliphatic rings. The van der Waals surface area contributed by atoms with Crippen LogP contribution in [0.2, 0.25) is 0 Å². The first-order valence-corrected chi connectivity index (χ1v) is 48.6. The molecule has 72 heavy (non-hydrogen) atoms. The molecule has 0 unspecified atom stereocenters. The third-order valence-electron chi connectivity index (χ3n) is 9.74. The zero-order chi connectivity index (χ0) is 54.8. The third-order valence-corrected chi connectivity index (χ3v) is 9.74. The molecule has 0 saturated carbocycles. The van der Waals surface area contributed by atoms with Gasteiger partial charge in [0.15, 0.2) is 0 Å². The first-order valence-electron chi connectivity index (χ1n) is 19.6. The summed E-state index contributed by atoms with van der Waals surface area (Å²) in [5.41, 5.74) is -1.04. The van der Waals surface area contributed by atoms with Crippen molar-refractivity contribution < 1.29 is 79.2 Å². The van der Waals surface area contributed by atoms with Gasteiger partial charge in [0.05, 0.1) is 22.8 Å². The van der Waals surface area contributed by atoms with Crippen molar-refractivity contribution in [2.24, 2.45) is 0 Å². The molecule has 0 amide bonds. The fourth-order valence-corrected chi connectivity index (χ4v) is 7.32. The SMILES string of the molecule is O=C([O-])CCC1=C(CC(=O)[O-])c2cc3[nH]c(cc4nc(cc5[nH]c(cc1n2)c(CC(=O)[O-])c5CCC(=O)[O-])C(CC(=O)[O-])=C4CCC(=O)[O-])c(CC(=O)[O-])c3CCC(=O)[O-].[Cl][Sn+2][Cl].[Cl][Sn+2][Cl].[Cl][Sn+2][Cl].[Cl][Sn+2][Cl]. The average Bonchev–Trinajstić information content (AvgIpc) is 3.95. The Balaban J connectivity index is 0.00000196. The second kappa shape index (κ2) is 36.0. The number of rotatable bonds is 20. The monoisotopic (exact) mass is 1580 g/mol. The van der Waals surface area contributed by atoms with Gasteiger partial charge in [0.1, 0.15) is 0 Å². The van der Waals surface area contributed by atoms with Crippen molar-refractivity contribution in [3.05, 3.63) is 69.3 Å². The first-order chi connectivity index (χ1) is 34.0. The number of nitrogens with zero attached hydrogens (tertiary/aromatic N) is 2. The summed E-state index contributed by atoms with van der Waals surface area (Å²) < 4.78 is 0. The van der Waals surface area contributed by atoms with E-state index in [2.05, 4.69) is 19.9 Å². The molecule has 3 aromatic rings. The molecule has 0 radical (unpaired) electrons. The van der Waals surface area contributed by atoms with Gasteiger partial charge >= 0.3 is 147 Å². The molecular formula is C40H30Cl8N4O16Sn4. The Morgan fingerprint density at radius 1 is 0.347 bits per heavy atom. The molecule has 3 aromatic heterocycles. The Hall–Kier alpha value is -2.13. The fourth-order valence-electron chi connectivity index (χ4n) is 7.32. The van der Waals surface area contributed by atoms with Gasteiger partial charge in [0, 0.05) is 95.5 Å². The van der Waals surface area contributed by atoms with Crippen molar-refractivity contribution in [1.82, 2.24) is 19.9 Å². The number of carboxylic acids is 8. The van der Waals surface area contributed by atoms with Crippen LogP contribution in [0.3, 0.4) is 0 Å². The fraction of sp³-hybridized carbons (Fsp3) is 0.300. The Morgan fingerprint density at radius 2 is 0.569 bits per heavy atom. The number of fused-ring (bicyclic) bond motifs is 8. The number of hydrogen-bond donors (Lipinski definition) is 2. The average molecular weight is 1580 g/mol. The summed E-state index contributed by atoms with van der Waals surface area (Å²) in [6, 6.07) is 4.92. The quantitative estimate of drug-likeness (QED) is 0.110. The minimum absolute atomic E-state index is 0.00935. The van der Waals surface area contributed by atoms with Crippen LogP contribution in [0.1, 0.15) is 96.4 Å². The van der Waals surface area contributed by atoms with Gasteiger partial charge < -0.3 is 89.2 Å². The number of nitrogens with one attached hydrogen (secondary N) is 2. The maximum absolute atomic E-state index is 12.1. The molecule has 32 heteroatoms. The van der Waals surface area contributed by atoms with Crippen LogP contribution in [0, 0.1) is 0 Å². The number of carboxylic acid groups (broad SMARTS) is 8. The van der Waals surface area contributed by atoms with Gasteiger partial charge in [-0.1, -0.05) is 0 Å². The number of hydrogen-bond acceptors (Lipinski definition) is 18. The molecule has 0 aromatic carbocycles. The van der Waals surface area contributed by atoms with Gasteiger partial charge in [-0.3, -0.25) is 0 Å². The van der Waals surface area contributed by atoms with Crippen LogP contribution < -0.4 is 40.9 Å². The standard InChI is InChI=1S/C40H38N4O16.8ClH.4Sn/c45-33(46)5-1-17-21(9-37(53)54)29-14-26-19(3-7-35(49)50)23(11-39(57)58)31(43-26)16-28-20(4-8-36(51)52)24(12-40(59)60)32(44-28)15-27-18(2-6-34(47)48)22(10-38(55)56)30(42-27)13-25(17)41-29;;;;;;;;;;;;/h13-16,41,44H,1-12H2,(H,45,46)(H,47,48)(H,49,50)(H,51,52)(H,53,54)(H,55,56)(H,57,58)(H,59,60);8*1H;;;;/q;;;;;;;;;4*+4/p-16. The van der Waals surface area contributed by atoms with E-state index in [0.717, 1.165) is 0 Å². The second-order valence-corrected chi connectivity index (χ2v) is 31.0. The van der Waals surface area contributed by atoms with E-state index in [-0.39, 0.29) is 102 Å². The van der Waals surface area contributed by atoms with Crippen LogP contribution in [0.25, 0.3) is 44.4 Å². The van der Waals surface area contributed by atoms with Crippen LogP contribution >= 0.6 is 71.4 Å². The van der Waals surface area contributed by atoms with Crippen LogP contribution in [-0.2, 0) is 64.0 Å². The topological polar surface area (TPSA) is 378 Å². The summed E-state index contributed by atoms with van der Waals surface area (Å²) >= 11 is -3.30. The molecule has 0 spiro atoms. The number of aliphatic carboxylic acids is 8. The van der Waals surface area contributed by atoms with E-state index < -0.39 is 188 Å². The molecule has 5 rings (SSSR count). The van der Waals surface area contributed by atoms with Gasteiger partial charge in [-0.15, -0.1) is 0 Å². The number of carbonyl (C=O) groups excluding carboxylic acids is 8. The molecule has 0 fully saturated rings. The van der Waals surface area contributed by atoms with E-state index in [9.17, 15) is 79.2 Å². The van der Waals surface area contributed by atoms with Crippen LogP contribution in [0.15, 0.2) is 24.3 Å². The number of H-pyrrole nitrogens is 2. The van der Waals surface area contributed by atoms with Crippen molar-refractivity contribution in [3.8, 4) is 0 Å². The Labute approximate surface area is 478 Å². The van der Waals surface area contributed by atoms with Gasteiger partial charge in [-0.05, 0) is 120 Å². The van der Waals surface area contributed by atoms with Crippen molar-refractivity contribution >= 4 is 239 Å². The summed E-state index contributed by atoms with van der Waals surface area (Å²) in [4.78, 5) is 110. The summed E-state index contributed by atoms with van der Waals surface area (Å²) in [6.07, 6.45) is -7.69. The Bertz CT molecular complexity index is 2540. The molecule has 20 nitrogen and oxygen atoms in total. The number of aromatic nitrogens is 4. The molecule has 5 heterocycles. The number of aryl methyl sites for hydroxylation is 2. The normalized spacial score (nSPS) is 10.9. The predicted octanol–water partition coefficient (Wildman–Crippen LogP) is -2.58. The third kappa shape index (κ3) is 23.4. The van der Waals surface area contributed by atoms with E-state index in [4.69, 9.17) is 71.4 Å². The molecule has 0 saturated heterocycles. The van der Waals surface area contributed by atoms with E-state index in [1.165, 1.54) is 24.3 Å². The van der Waals surface area contributed by atoms with Crippen molar-refractivity contribution in [2.45, 2.75) is 77.0 Å². The van der Waals surface area contributed by atoms with Crippen LogP contribution in [0.4, 0.5) is 0 Å². The predicted molar refractivity (Wildman–Crippen MR) is 256 cm³/mol. The minimum atomic E-state index is -1.65. The molecule has 8 bridgehead atoms.